The third-order valence-corrected chi connectivity index (χ3v) is 8.87. The molecule has 1 unspecified atom stereocenters. The van der Waals surface area contributed by atoms with Gasteiger partial charge in [-0.05, 0) is 72.8 Å². The van der Waals surface area contributed by atoms with Gasteiger partial charge in [-0.15, -0.1) is 0 Å². The largest absolute Gasteiger partial charge is 0.471 e. The highest BCUT2D eigenvalue weighted by Gasteiger charge is 2.91. The number of ether oxygens (including phenoxy) is 2. The molecule has 0 saturated heterocycles. The molecular formula is C30H39F13O3. The van der Waals surface area contributed by atoms with Crippen LogP contribution in [-0.4, -0.2) is 48.6 Å². The number of esters is 1. The van der Waals surface area contributed by atoms with E-state index < -0.39 is 53.6 Å². The number of hydrogen-bond acceptors (Lipinski definition) is 3. The van der Waals surface area contributed by atoms with E-state index in [1.54, 1.807) is 0 Å². The molecule has 0 aliphatic heterocycles. The van der Waals surface area contributed by atoms with Gasteiger partial charge in [0.05, 0.1) is 12.5 Å². The number of alkyl halides is 13. The Morgan fingerprint density at radius 2 is 1.13 bits per heavy atom. The van der Waals surface area contributed by atoms with Gasteiger partial charge >= 0.3 is 41.9 Å². The smallest absolute Gasteiger partial charge is 0.465 e. The fraction of sp³-hybridized carbons (Fsp3) is 0.767. The molecule has 46 heavy (non-hydrogen) atoms. The monoisotopic (exact) mass is 694 g/mol. The van der Waals surface area contributed by atoms with Crippen LogP contribution in [0.25, 0.3) is 0 Å². The van der Waals surface area contributed by atoms with E-state index in [4.69, 9.17) is 4.74 Å². The predicted molar refractivity (Wildman–Crippen MR) is 143 cm³/mol. The summed E-state index contributed by atoms with van der Waals surface area (Å²) in [7, 11) is 0. The van der Waals surface area contributed by atoms with Gasteiger partial charge < -0.3 is 9.47 Å². The van der Waals surface area contributed by atoms with Crippen LogP contribution in [-0.2, 0) is 16.0 Å². The molecule has 0 saturated carbocycles. The summed E-state index contributed by atoms with van der Waals surface area (Å²) in [5.74, 6) is -33.6. The zero-order chi connectivity index (χ0) is 36.5. The van der Waals surface area contributed by atoms with Crippen molar-refractivity contribution in [3.8, 4) is 5.75 Å². The first-order valence-electron chi connectivity index (χ1n) is 14.3. The van der Waals surface area contributed by atoms with Crippen molar-refractivity contribution in [2.75, 3.05) is 6.61 Å². The number of rotatable bonds is 16. The Labute approximate surface area is 259 Å². The van der Waals surface area contributed by atoms with Crippen molar-refractivity contribution in [2.45, 2.75) is 123 Å². The van der Waals surface area contributed by atoms with Gasteiger partial charge in [0.15, 0.2) is 0 Å². The Morgan fingerprint density at radius 3 is 1.52 bits per heavy atom. The van der Waals surface area contributed by atoms with E-state index >= 15 is 0 Å². The van der Waals surface area contributed by atoms with Crippen molar-refractivity contribution in [1.82, 2.24) is 0 Å². The molecule has 0 radical (unpaired) electrons. The predicted octanol–water partition coefficient (Wildman–Crippen LogP) is 10.7. The molecule has 16 heteroatoms. The summed E-state index contributed by atoms with van der Waals surface area (Å²) < 4.78 is 184. The summed E-state index contributed by atoms with van der Waals surface area (Å²) in [6, 6.07) is 1.21. The van der Waals surface area contributed by atoms with E-state index in [2.05, 4.69) is 4.74 Å². The van der Waals surface area contributed by atoms with Crippen molar-refractivity contribution in [3.63, 3.8) is 0 Å². The molecule has 0 bridgehead atoms. The molecule has 0 amide bonds. The zero-order valence-corrected chi connectivity index (χ0v) is 26.6. The highest BCUT2D eigenvalue weighted by atomic mass is 19.4. The summed E-state index contributed by atoms with van der Waals surface area (Å²) in [6.45, 7) is 14.1. The van der Waals surface area contributed by atoms with Crippen molar-refractivity contribution in [2.24, 2.45) is 16.7 Å². The molecule has 0 aliphatic rings. The van der Waals surface area contributed by atoms with Crippen LogP contribution in [0.5, 0.6) is 5.75 Å². The van der Waals surface area contributed by atoms with Crippen LogP contribution in [0.4, 0.5) is 57.1 Å². The van der Waals surface area contributed by atoms with Crippen LogP contribution in [0.15, 0.2) is 12.1 Å². The normalized spacial score (nSPS) is 15.2. The SMILES string of the molecule is CCC(C)(C)CC(C(=O)OCCc1c(C)cc(OC(F)(F)C(F)(F)C(F)(F)C(F)(F)C(F)(F)C(F)(F)F)cc1C)C(C)(CC)CC. The molecule has 1 rings (SSSR count). The number of benzene rings is 1. The fourth-order valence-corrected chi connectivity index (χ4v) is 4.78. The highest BCUT2D eigenvalue weighted by molar-refractivity contribution is 5.73. The second-order valence-corrected chi connectivity index (χ2v) is 12.5. The molecule has 0 fully saturated rings. The molecule has 0 spiro atoms. The Morgan fingerprint density at radius 1 is 0.696 bits per heavy atom. The van der Waals surface area contributed by atoms with E-state index in [0.717, 1.165) is 6.42 Å². The topological polar surface area (TPSA) is 35.5 Å². The average molecular weight is 695 g/mol. The van der Waals surface area contributed by atoms with E-state index in [0.29, 0.717) is 37.0 Å². The maximum Gasteiger partial charge on any atom is 0.471 e. The van der Waals surface area contributed by atoms with Crippen molar-refractivity contribution < 1.29 is 71.3 Å². The second-order valence-electron chi connectivity index (χ2n) is 12.5. The minimum Gasteiger partial charge on any atom is -0.465 e. The average Bonchev–Trinajstić information content (AvgIpc) is 2.91. The molecule has 1 atom stereocenters. The van der Waals surface area contributed by atoms with E-state index in [1.807, 2.05) is 41.5 Å². The van der Waals surface area contributed by atoms with Crippen LogP contribution in [0.3, 0.4) is 0 Å². The second kappa shape index (κ2) is 13.6. The standard InChI is InChI=1S/C30H39F13O3/c1-9-23(6,7)16-21(24(8,10-2)11-3)22(44)45-13-12-20-17(4)14-19(15-18(20)5)46-30(42,43)28(37,38)26(33,34)25(31,32)27(35,36)29(39,40)41/h14-15,21H,9-13,16H2,1-8H3. The van der Waals surface area contributed by atoms with Crippen molar-refractivity contribution in [3.05, 3.63) is 28.8 Å². The zero-order valence-electron chi connectivity index (χ0n) is 26.6. The lowest BCUT2D eigenvalue weighted by atomic mass is 9.66. The maximum atomic E-state index is 14.3. The number of carbonyl (C=O) groups excluding carboxylic acids is 1. The van der Waals surface area contributed by atoms with Gasteiger partial charge in [-0.1, -0.05) is 48.0 Å². The lowest BCUT2D eigenvalue weighted by molar-refractivity contribution is -0.456. The minimum atomic E-state index is -8.02. The minimum absolute atomic E-state index is 0.00137. The first-order chi connectivity index (χ1) is 20.4. The first kappa shape index (κ1) is 41.6. The summed E-state index contributed by atoms with van der Waals surface area (Å²) in [4.78, 5) is 13.2. The number of hydrogen-bond donors (Lipinski definition) is 0. The van der Waals surface area contributed by atoms with E-state index in [-0.39, 0.29) is 35.0 Å². The van der Waals surface area contributed by atoms with E-state index in [1.165, 1.54) is 13.8 Å². The van der Waals surface area contributed by atoms with Crippen molar-refractivity contribution in [1.29, 1.82) is 0 Å². The maximum absolute atomic E-state index is 14.3. The molecule has 0 heterocycles. The Bertz CT molecular complexity index is 1180. The third-order valence-electron chi connectivity index (χ3n) is 8.87. The number of carbonyl (C=O) groups is 1. The van der Waals surface area contributed by atoms with Crippen LogP contribution in [0.2, 0.25) is 0 Å². The molecule has 268 valence electrons. The van der Waals surface area contributed by atoms with E-state index in [9.17, 15) is 61.9 Å². The van der Waals surface area contributed by atoms with Gasteiger partial charge in [0.25, 0.3) is 0 Å². The van der Waals surface area contributed by atoms with Crippen LogP contribution < -0.4 is 4.74 Å². The Balaban J connectivity index is 3.25. The molecule has 0 aliphatic carbocycles. The first-order valence-corrected chi connectivity index (χ1v) is 14.3. The quantitative estimate of drug-likeness (QED) is 0.128. The molecule has 1 aromatic rings. The highest BCUT2D eigenvalue weighted by Crippen LogP contribution is 2.60. The van der Waals surface area contributed by atoms with Crippen LogP contribution in [0.1, 0.15) is 83.9 Å². The van der Waals surface area contributed by atoms with Crippen molar-refractivity contribution >= 4 is 5.97 Å². The summed E-state index contributed by atoms with van der Waals surface area (Å²) >= 11 is 0. The van der Waals surface area contributed by atoms with Gasteiger partial charge in [-0.3, -0.25) is 4.79 Å². The Hall–Kier alpha value is -2.42. The van der Waals surface area contributed by atoms with Gasteiger partial charge in [-0.25, -0.2) is 0 Å². The molecular weight excluding hydrogens is 655 g/mol. The molecule has 3 nitrogen and oxygen atoms in total. The van der Waals surface area contributed by atoms with Gasteiger partial charge in [0.1, 0.15) is 5.75 Å². The van der Waals surface area contributed by atoms with Crippen LogP contribution >= 0.6 is 0 Å². The lowest BCUT2D eigenvalue weighted by Gasteiger charge is -2.39. The summed E-state index contributed by atoms with van der Waals surface area (Å²) in [6.07, 6.45) is -11.6. The summed E-state index contributed by atoms with van der Waals surface area (Å²) in [5.41, 5.74) is -0.250. The Kier molecular flexibility index (Phi) is 12.3. The summed E-state index contributed by atoms with van der Waals surface area (Å²) in [5, 5.41) is 0. The molecule has 0 aromatic heterocycles. The molecule has 0 N–H and O–H groups in total. The van der Waals surface area contributed by atoms with Gasteiger partial charge in [0, 0.05) is 6.42 Å². The van der Waals surface area contributed by atoms with Gasteiger partial charge in [-0.2, -0.15) is 57.1 Å². The van der Waals surface area contributed by atoms with Crippen LogP contribution in [0, 0.1) is 30.6 Å². The number of aryl methyl sites for hydroxylation is 2. The number of halogens is 13. The lowest BCUT2D eigenvalue weighted by Crippen LogP contribution is -2.70. The van der Waals surface area contributed by atoms with Gasteiger partial charge in [0.2, 0.25) is 0 Å². The third kappa shape index (κ3) is 7.82. The molecule has 1 aromatic carbocycles. The fourth-order valence-electron chi connectivity index (χ4n) is 4.78.